The van der Waals surface area contributed by atoms with Gasteiger partial charge in [0, 0.05) is 12.5 Å². The lowest BCUT2D eigenvalue weighted by Crippen LogP contribution is -2.34. The molecule has 128 valence electrons. The molecule has 24 heavy (non-hydrogen) atoms. The van der Waals surface area contributed by atoms with Crippen LogP contribution in [0.5, 0.6) is 5.75 Å². The number of nitrogens with zero attached hydrogens (tertiary/aromatic N) is 2. The van der Waals surface area contributed by atoms with Crippen molar-refractivity contribution >= 4 is 22.0 Å². The third kappa shape index (κ3) is 6.35. The van der Waals surface area contributed by atoms with Gasteiger partial charge in [-0.05, 0) is 30.3 Å². The lowest BCUT2D eigenvalue weighted by atomic mass is 10.3. The molecular formula is C16H20N3O4S+. The number of ether oxygens (including phenoxy) is 1. The van der Waals surface area contributed by atoms with E-state index in [-0.39, 0.29) is 5.75 Å². The van der Waals surface area contributed by atoms with Crippen molar-refractivity contribution in [1.29, 1.82) is 0 Å². The lowest BCUT2D eigenvalue weighted by Gasteiger charge is -2.02. The molecule has 0 saturated carbocycles. The van der Waals surface area contributed by atoms with Gasteiger partial charge in [0.25, 0.3) is 10.1 Å². The van der Waals surface area contributed by atoms with Gasteiger partial charge in [0.1, 0.15) is 12.3 Å². The summed E-state index contributed by atoms with van der Waals surface area (Å²) in [5, 5.41) is 4.16. The Morgan fingerprint density at radius 1 is 1.29 bits per heavy atom. The van der Waals surface area contributed by atoms with E-state index in [4.69, 9.17) is 9.29 Å². The van der Waals surface area contributed by atoms with E-state index < -0.39 is 10.1 Å². The molecule has 0 fully saturated rings. The number of rotatable bonds is 8. The van der Waals surface area contributed by atoms with Crippen LogP contribution in [0.2, 0.25) is 0 Å². The van der Waals surface area contributed by atoms with E-state index in [9.17, 15) is 8.42 Å². The molecule has 0 bridgehead atoms. The van der Waals surface area contributed by atoms with Crippen molar-refractivity contribution < 1.29 is 22.3 Å². The summed E-state index contributed by atoms with van der Waals surface area (Å²) in [6, 6.07) is 11.1. The van der Waals surface area contributed by atoms with Crippen LogP contribution in [0.25, 0.3) is 0 Å². The molecule has 0 amide bonds. The normalized spacial score (nSPS) is 11.6. The van der Waals surface area contributed by atoms with Crippen molar-refractivity contribution in [3.63, 3.8) is 0 Å². The summed E-state index contributed by atoms with van der Waals surface area (Å²) < 4.78 is 37.1. The summed E-state index contributed by atoms with van der Waals surface area (Å²) in [5.74, 6) is 0.524. The molecule has 1 aromatic carbocycles. The molecule has 0 aliphatic rings. The summed E-state index contributed by atoms with van der Waals surface area (Å²) in [4.78, 5) is 0. The zero-order valence-corrected chi connectivity index (χ0v) is 14.1. The molecular weight excluding hydrogens is 330 g/mol. The Morgan fingerprint density at radius 3 is 2.71 bits per heavy atom. The smallest absolute Gasteiger partial charge is 0.265 e. The van der Waals surface area contributed by atoms with Crippen LogP contribution in [0.1, 0.15) is 12.0 Å². The molecule has 1 heterocycles. The van der Waals surface area contributed by atoms with Crippen molar-refractivity contribution in [2.45, 2.75) is 13.0 Å². The van der Waals surface area contributed by atoms with Gasteiger partial charge >= 0.3 is 0 Å². The van der Waals surface area contributed by atoms with Crippen molar-refractivity contribution in [2.75, 3.05) is 18.3 Å². The Balaban J connectivity index is 1.90. The third-order valence-electron chi connectivity index (χ3n) is 3.20. The molecule has 0 unspecified atom stereocenters. The standard InChI is InChI=1S/C16H19N3O4S/c1-23-16-7-5-15(6-8-16)18-17-12-14-4-2-9-19(13-14)10-3-11-24(20,21)22/h2,4-9,12-13,18H,3,10-11H2,1H3/p+1/b17-12+. The molecule has 0 aliphatic carbocycles. The van der Waals surface area contributed by atoms with E-state index in [2.05, 4.69) is 10.5 Å². The molecule has 2 rings (SSSR count). The van der Waals surface area contributed by atoms with Gasteiger partial charge in [-0.1, -0.05) is 0 Å². The van der Waals surface area contributed by atoms with Crippen molar-refractivity contribution in [3.05, 3.63) is 54.4 Å². The van der Waals surface area contributed by atoms with Crippen molar-refractivity contribution in [2.24, 2.45) is 5.10 Å². The fraction of sp³-hybridized carbons (Fsp3) is 0.250. The highest BCUT2D eigenvalue weighted by Crippen LogP contribution is 2.14. The number of benzene rings is 1. The van der Waals surface area contributed by atoms with Gasteiger partial charge in [0.15, 0.2) is 12.4 Å². The van der Waals surface area contributed by atoms with Gasteiger partial charge < -0.3 is 4.74 Å². The van der Waals surface area contributed by atoms with Crippen LogP contribution in [0.15, 0.2) is 53.9 Å². The minimum atomic E-state index is -3.91. The number of nitrogens with one attached hydrogen (secondary N) is 1. The van der Waals surface area contributed by atoms with Crippen LogP contribution >= 0.6 is 0 Å². The van der Waals surface area contributed by atoms with Gasteiger partial charge in [-0.25, -0.2) is 4.57 Å². The first kappa shape index (κ1) is 17.9. The highest BCUT2D eigenvalue weighted by atomic mass is 32.2. The zero-order chi connectivity index (χ0) is 17.4. The maximum atomic E-state index is 10.7. The summed E-state index contributed by atoms with van der Waals surface area (Å²) in [7, 11) is -2.30. The molecule has 0 saturated heterocycles. The second-order valence-electron chi connectivity index (χ2n) is 5.11. The van der Waals surface area contributed by atoms with E-state index >= 15 is 0 Å². The maximum absolute atomic E-state index is 10.7. The fourth-order valence-electron chi connectivity index (χ4n) is 2.03. The maximum Gasteiger partial charge on any atom is 0.265 e. The van der Waals surface area contributed by atoms with Crippen molar-refractivity contribution in [1.82, 2.24) is 0 Å². The van der Waals surface area contributed by atoms with Crippen LogP contribution in [0, 0.1) is 0 Å². The van der Waals surface area contributed by atoms with Crippen molar-refractivity contribution in [3.8, 4) is 5.75 Å². The van der Waals surface area contributed by atoms with E-state index in [0.29, 0.717) is 13.0 Å². The fourth-order valence-corrected chi connectivity index (χ4v) is 2.53. The molecule has 2 N–H and O–H groups in total. The predicted molar refractivity (Wildman–Crippen MR) is 91.9 cm³/mol. The molecule has 7 nitrogen and oxygen atoms in total. The Morgan fingerprint density at radius 2 is 2.04 bits per heavy atom. The molecule has 0 spiro atoms. The van der Waals surface area contributed by atoms with Gasteiger partial charge in [0.05, 0.1) is 30.3 Å². The molecule has 1 aromatic heterocycles. The summed E-state index contributed by atoms with van der Waals surface area (Å²) in [6.45, 7) is 0.493. The molecule has 0 radical (unpaired) electrons. The van der Waals surface area contributed by atoms with E-state index in [1.165, 1.54) is 0 Å². The Kier molecular flexibility index (Phi) is 6.28. The predicted octanol–water partition coefficient (Wildman–Crippen LogP) is 1.71. The number of anilines is 1. The largest absolute Gasteiger partial charge is 0.497 e. The highest BCUT2D eigenvalue weighted by molar-refractivity contribution is 7.85. The zero-order valence-electron chi connectivity index (χ0n) is 13.3. The van der Waals surface area contributed by atoms with E-state index in [1.54, 1.807) is 13.3 Å². The van der Waals surface area contributed by atoms with Crippen LogP contribution in [0.4, 0.5) is 5.69 Å². The Labute approximate surface area is 141 Å². The monoisotopic (exact) mass is 350 g/mol. The second-order valence-corrected chi connectivity index (χ2v) is 6.69. The number of hydrazone groups is 1. The lowest BCUT2D eigenvalue weighted by molar-refractivity contribution is -0.696. The van der Waals surface area contributed by atoms with Crippen LogP contribution < -0.4 is 14.7 Å². The number of pyridine rings is 1. The molecule has 0 aliphatic heterocycles. The van der Waals surface area contributed by atoms with E-state index in [1.807, 2.05) is 53.4 Å². The first-order valence-corrected chi connectivity index (χ1v) is 8.94. The molecule has 0 atom stereocenters. The van der Waals surface area contributed by atoms with Gasteiger partial charge in [0.2, 0.25) is 0 Å². The Hall–Kier alpha value is -2.45. The Bertz CT molecular complexity index is 789. The number of hydrogen-bond acceptors (Lipinski definition) is 5. The van der Waals surface area contributed by atoms with Gasteiger partial charge in [-0.15, -0.1) is 0 Å². The third-order valence-corrected chi connectivity index (χ3v) is 4.00. The highest BCUT2D eigenvalue weighted by Gasteiger charge is 2.07. The second kappa shape index (κ2) is 8.42. The van der Waals surface area contributed by atoms with E-state index in [0.717, 1.165) is 17.0 Å². The van der Waals surface area contributed by atoms with Crippen LogP contribution in [0.3, 0.4) is 0 Å². The number of hydrogen-bond donors (Lipinski definition) is 2. The molecule has 8 heteroatoms. The number of aryl methyl sites for hydroxylation is 1. The van der Waals surface area contributed by atoms with Gasteiger partial charge in [-0.3, -0.25) is 9.98 Å². The summed E-state index contributed by atoms with van der Waals surface area (Å²) in [6.07, 6.45) is 5.69. The average Bonchev–Trinajstić information content (AvgIpc) is 2.55. The first-order chi connectivity index (χ1) is 11.5. The SMILES string of the molecule is COc1ccc(N/N=C/c2ccc[n+](CCCS(=O)(=O)O)c2)cc1. The number of methoxy groups -OCH3 is 1. The quantitative estimate of drug-likeness (QED) is 0.327. The first-order valence-electron chi connectivity index (χ1n) is 7.34. The van der Waals surface area contributed by atoms with Gasteiger partial charge in [-0.2, -0.15) is 13.5 Å². The minimum Gasteiger partial charge on any atom is -0.497 e. The number of aromatic nitrogens is 1. The molecule has 2 aromatic rings. The minimum absolute atomic E-state index is 0.253. The topological polar surface area (TPSA) is 91.9 Å². The van der Waals surface area contributed by atoms with Crippen LogP contribution in [-0.2, 0) is 16.7 Å². The summed E-state index contributed by atoms with van der Waals surface area (Å²) >= 11 is 0. The summed E-state index contributed by atoms with van der Waals surface area (Å²) in [5.41, 5.74) is 4.62. The van der Waals surface area contributed by atoms with Crippen LogP contribution in [-0.4, -0.2) is 32.0 Å². The average molecular weight is 350 g/mol.